The summed E-state index contributed by atoms with van der Waals surface area (Å²) in [6, 6.07) is 13.0. The normalized spacial score (nSPS) is 18.7. The van der Waals surface area contributed by atoms with E-state index < -0.39 is 12.3 Å². The Kier molecular flexibility index (Phi) is 5.37. The zero-order valence-corrected chi connectivity index (χ0v) is 18.0. The second-order valence-corrected chi connectivity index (χ2v) is 8.39. The van der Waals surface area contributed by atoms with Gasteiger partial charge in [0.1, 0.15) is 0 Å². The van der Waals surface area contributed by atoms with Crippen LogP contribution in [-0.2, 0) is 0 Å². The van der Waals surface area contributed by atoms with Crippen LogP contribution in [0.5, 0.6) is 0 Å². The van der Waals surface area contributed by atoms with Gasteiger partial charge in [-0.25, -0.2) is 0 Å². The van der Waals surface area contributed by atoms with Crippen LogP contribution in [0.3, 0.4) is 0 Å². The lowest BCUT2D eigenvalue weighted by Crippen LogP contribution is -2.48. The van der Waals surface area contributed by atoms with Crippen molar-refractivity contribution in [2.75, 3.05) is 13.1 Å². The fourth-order valence-electron chi connectivity index (χ4n) is 4.23. The summed E-state index contributed by atoms with van der Waals surface area (Å²) < 4.78 is 39.4. The van der Waals surface area contributed by atoms with Crippen molar-refractivity contribution >= 4 is 11.6 Å². The SMILES string of the molecule is CC1=C(c2cc(C(=O)N3CC(c4ccc(C#N)cc4)C3)c(C)cc2C)NC(C(F)(F)F)N1. The molecule has 0 aliphatic carbocycles. The van der Waals surface area contributed by atoms with Gasteiger partial charge >= 0.3 is 6.18 Å². The summed E-state index contributed by atoms with van der Waals surface area (Å²) in [5.41, 5.74) is 5.08. The first-order chi connectivity index (χ1) is 15.1. The maximum absolute atomic E-state index is 13.2. The van der Waals surface area contributed by atoms with Gasteiger partial charge in [0.15, 0.2) is 6.17 Å². The van der Waals surface area contributed by atoms with E-state index >= 15 is 0 Å². The van der Waals surface area contributed by atoms with Crippen molar-refractivity contribution in [1.82, 2.24) is 15.5 Å². The molecule has 1 unspecified atom stereocenters. The number of nitriles is 1. The lowest BCUT2D eigenvalue weighted by atomic mass is 9.89. The van der Waals surface area contributed by atoms with Gasteiger partial charge in [-0.1, -0.05) is 18.2 Å². The molecule has 2 aromatic carbocycles. The Labute approximate surface area is 184 Å². The van der Waals surface area contributed by atoms with E-state index in [9.17, 15) is 18.0 Å². The molecular weight excluding hydrogens is 417 g/mol. The maximum Gasteiger partial charge on any atom is 0.427 e. The third-order valence-electron chi connectivity index (χ3n) is 6.10. The quantitative estimate of drug-likeness (QED) is 0.751. The van der Waals surface area contributed by atoms with Crippen LogP contribution < -0.4 is 10.6 Å². The minimum atomic E-state index is -4.43. The fourth-order valence-corrected chi connectivity index (χ4v) is 4.23. The molecule has 2 aliphatic heterocycles. The molecule has 1 fully saturated rings. The van der Waals surface area contributed by atoms with Gasteiger partial charge in [-0.05, 0) is 55.7 Å². The van der Waals surface area contributed by atoms with Crippen molar-refractivity contribution in [3.63, 3.8) is 0 Å². The zero-order valence-electron chi connectivity index (χ0n) is 18.0. The lowest BCUT2D eigenvalue weighted by molar-refractivity contribution is -0.155. The molecule has 0 radical (unpaired) electrons. The average molecular weight is 440 g/mol. The van der Waals surface area contributed by atoms with Crippen LogP contribution in [0.2, 0.25) is 0 Å². The summed E-state index contributed by atoms with van der Waals surface area (Å²) in [6.45, 7) is 6.37. The summed E-state index contributed by atoms with van der Waals surface area (Å²) in [6.07, 6.45) is -6.28. The second kappa shape index (κ2) is 7.90. The Morgan fingerprint density at radius 2 is 1.72 bits per heavy atom. The van der Waals surface area contributed by atoms with Crippen molar-refractivity contribution < 1.29 is 18.0 Å². The molecule has 2 aliphatic rings. The van der Waals surface area contributed by atoms with E-state index in [0.29, 0.717) is 41.2 Å². The highest BCUT2D eigenvalue weighted by molar-refractivity contribution is 5.97. The van der Waals surface area contributed by atoms with E-state index in [1.165, 1.54) is 0 Å². The number of benzene rings is 2. The van der Waals surface area contributed by atoms with Gasteiger partial charge in [0.25, 0.3) is 5.91 Å². The number of amides is 1. The number of hydrogen-bond acceptors (Lipinski definition) is 4. The number of nitrogens with one attached hydrogen (secondary N) is 2. The largest absolute Gasteiger partial charge is 0.427 e. The van der Waals surface area contributed by atoms with E-state index in [1.807, 2.05) is 32.0 Å². The standard InChI is InChI=1S/C24H23F3N4O/c1-13-8-14(2)20(9-19(13)21-15(3)29-23(30-21)24(25,26)27)22(32)31-11-18(12-31)17-6-4-16(10-28)5-7-17/h4-9,18,23,29-30H,11-12H2,1-3H3. The second-order valence-electron chi connectivity index (χ2n) is 8.39. The van der Waals surface area contributed by atoms with Crippen molar-refractivity contribution in [2.45, 2.75) is 39.0 Å². The molecule has 0 spiro atoms. The molecule has 2 heterocycles. The third kappa shape index (κ3) is 3.91. The Balaban J connectivity index is 1.53. The molecule has 32 heavy (non-hydrogen) atoms. The Bertz CT molecular complexity index is 1140. The monoisotopic (exact) mass is 440 g/mol. The number of likely N-dealkylation sites (tertiary alicyclic amines) is 1. The molecule has 1 saturated heterocycles. The molecule has 5 nitrogen and oxygen atoms in total. The topological polar surface area (TPSA) is 68.2 Å². The van der Waals surface area contributed by atoms with Crippen molar-refractivity contribution in [2.24, 2.45) is 0 Å². The van der Waals surface area contributed by atoms with Crippen LogP contribution in [0, 0.1) is 25.2 Å². The fraction of sp³-hybridized carbons (Fsp3) is 0.333. The minimum Gasteiger partial charge on any atom is -0.360 e. The van der Waals surface area contributed by atoms with Crippen LogP contribution >= 0.6 is 0 Å². The van der Waals surface area contributed by atoms with Crippen LogP contribution in [0.4, 0.5) is 13.2 Å². The van der Waals surface area contributed by atoms with Gasteiger partial charge in [-0.15, -0.1) is 0 Å². The summed E-state index contributed by atoms with van der Waals surface area (Å²) in [5.74, 6) is 0.0698. The van der Waals surface area contributed by atoms with Crippen LogP contribution in [0.25, 0.3) is 5.70 Å². The van der Waals surface area contributed by atoms with Gasteiger partial charge < -0.3 is 15.5 Å². The van der Waals surface area contributed by atoms with Gasteiger partial charge in [-0.3, -0.25) is 4.79 Å². The van der Waals surface area contributed by atoms with Crippen LogP contribution in [0.15, 0.2) is 42.1 Å². The average Bonchev–Trinajstić information content (AvgIpc) is 3.09. The van der Waals surface area contributed by atoms with E-state index in [0.717, 1.165) is 16.7 Å². The summed E-state index contributed by atoms with van der Waals surface area (Å²) in [7, 11) is 0. The van der Waals surface area contributed by atoms with E-state index in [4.69, 9.17) is 5.26 Å². The summed E-state index contributed by atoms with van der Waals surface area (Å²) >= 11 is 0. The maximum atomic E-state index is 13.2. The van der Waals surface area contributed by atoms with Gasteiger partial charge in [0.05, 0.1) is 17.3 Å². The highest BCUT2D eigenvalue weighted by Gasteiger charge is 2.44. The van der Waals surface area contributed by atoms with Gasteiger partial charge in [0.2, 0.25) is 0 Å². The molecule has 4 rings (SSSR count). The number of hydrogen-bond donors (Lipinski definition) is 2. The number of carbonyl (C=O) groups excluding carboxylic acids is 1. The molecule has 2 aromatic rings. The van der Waals surface area contributed by atoms with E-state index in [1.54, 1.807) is 30.0 Å². The van der Waals surface area contributed by atoms with E-state index in [-0.39, 0.29) is 11.8 Å². The number of rotatable bonds is 3. The highest BCUT2D eigenvalue weighted by Crippen LogP contribution is 2.33. The molecule has 8 heteroatoms. The molecule has 0 bridgehead atoms. The first-order valence-corrected chi connectivity index (χ1v) is 10.3. The molecule has 1 amide bonds. The number of aryl methyl sites for hydroxylation is 2. The van der Waals surface area contributed by atoms with Crippen LogP contribution in [-0.4, -0.2) is 36.2 Å². The predicted octanol–water partition coefficient (Wildman–Crippen LogP) is 4.18. The Morgan fingerprint density at radius 3 is 2.28 bits per heavy atom. The number of alkyl halides is 3. The van der Waals surface area contributed by atoms with Gasteiger partial charge in [0, 0.05) is 35.8 Å². The Hall–Kier alpha value is -3.47. The molecule has 2 N–H and O–H groups in total. The van der Waals surface area contributed by atoms with Gasteiger partial charge in [-0.2, -0.15) is 18.4 Å². The first kappa shape index (κ1) is 21.8. The summed E-state index contributed by atoms with van der Waals surface area (Å²) in [4.78, 5) is 14.9. The number of allylic oxidation sites excluding steroid dienone is 1. The zero-order chi connectivity index (χ0) is 23.2. The van der Waals surface area contributed by atoms with Crippen molar-refractivity contribution in [3.05, 3.63) is 75.5 Å². The molecular formula is C24H23F3N4O. The van der Waals surface area contributed by atoms with E-state index in [2.05, 4.69) is 16.7 Å². The number of halogens is 3. The van der Waals surface area contributed by atoms with Crippen molar-refractivity contribution in [1.29, 1.82) is 5.26 Å². The lowest BCUT2D eigenvalue weighted by Gasteiger charge is -2.40. The molecule has 0 saturated carbocycles. The van der Waals surface area contributed by atoms with Crippen LogP contribution in [0.1, 0.15) is 51.0 Å². The highest BCUT2D eigenvalue weighted by atomic mass is 19.4. The Morgan fingerprint density at radius 1 is 1.06 bits per heavy atom. The first-order valence-electron chi connectivity index (χ1n) is 10.3. The predicted molar refractivity (Wildman–Crippen MR) is 114 cm³/mol. The third-order valence-corrected chi connectivity index (χ3v) is 6.10. The van der Waals surface area contributed by atoms with Crippen molar-refractivity contribution in [3.8, 4) is 6.07 Å². The minimum absolute atomic E-state index is 0.134. The molecule has 0 aromatic heterocycles. The number of nitrogens with zero attached hydrogens (tertiary/aromatic N) is 2. The number of carbonyl (C=O) groups is 1. The molecule has 1 atom stereocenters. The molecule has 166 valence electrons. The summed E-state index contributed by atoms with van der Waals surface area (Å²) in [5, 5.41) is 13.9. The smallest absolute Gasteiger partial charge is 0.360 e.